The zero-order chi connectivity index (χ0) is 16.8. The molecule has 1 aliphatic heterocycles. The van der Waals surface area contributed by atoms with Gasteiger partial charge < -0.3 is 10.4 Å². The minimum atomic E-state index is -0.914. The molecule has 0 saturated heterocycles. The Morgan fingerprint density at radius 1 is 1.17 bits per heavy atom. The molecule has 2 aromatic rings. The lowest BCUT2D eigenvalue weighted by Crippen LogP contribution is -2.29. The minimum absolute atomic E-state index is 0.0925. The van der Waals surface area contributed by atoms with Crippen molar-refractivity contribution in [3.8, 4) is 0 Å². The van der Waals surface area contributed by atoms with Crippen LogP contribution in [0.4, 0.5) is 5.69 Å². The van der Waals surface area contributed by atoms with Crippen molar-refractivity contribution in [2.24, 2.45) is 5.92 Å². The van der Waals surface area contributed by atoms with Gasteiger partial charge in [0.2, 0.25) is 0 Å². The molecule has 0 radical (unpaired) electrons. The molecule has 0 aromatic heterocycles. The average Bonchev–Trinajstić information content (AvgIpc) is 3.02. The minimum Gasteiger partial charge on any atom is -0.478 e. The van der Waals surface area contributed by atoms with Gasteiger partial charge in [0.05, 0.1) is 11.6 Å². The van der Waals surface area contributed by atoms with Crippen LogP contribution in [-0.2, 0) is 0 Å². The van der Waals surface area contributed by atoms with Gasteiger partial charge in [-0.15, -0.1) is 0 Å². The lowest BCUT2D eigenvalue weighted by molar-refractivity contribution is 0.0697. The predicted octanol–water partition coefficient (Wildman–Crippen LogP) is 5.52. The molecule has 2 aliphatic rings. The van der Waals surface area contributed by atoms with Crippen molar-refractivity contribution in [3.63, 3.8) is 0 Å². The molecule has 0 fully saturated rings. The SMILES string of the molecule is O=C(O)c1ccc([C@@H]2Nc3cc(Cl)cc(Cl)c3[C@@H]3C=CC[C@H]32)cc1. The third-order valence-corrected chi connectivity index (χ3v) is 5.43. The van der Waals surface area contributed by atoms with Gasteiger partial charge in [-0.2, -0.15) is 0 Å². The van der Waals surface area contributed by atoms with Crippen molar-refractivity contribution in [2.75, 3.05) is 5.32 Å². The van der Waals surface area contributed by atoms with Crippen LogP contribution in [0.3, 0.4) is 0 Å². The van der Waals surface area contributed by atoms with E-state index in [4.69, 9.17) is 28.3 Å². The molecule has 0 bridgehead atoms. The molecule has 4 rings (SSSR count). The Kier molecular flexibility index (Phi) is 3.78. The highest BCUT2D eigenvalue weighted by atomic mass is 35.5. The van der Waals surface area contributed by atoms with E-state index in [0.717, 1.165) is 23.2 Å². The summed E-state index contributed by atoms with van der Waals surface area (Å²) in [5.74, 6) is -0.315. The maximum Gasteiger partial charge on any atom is 0.335 e. The first-order valence-electron chi connectivity index (χ1n) is 7.80. The fraction of sp³-hybridized carbons (Fsp3) is 0.211. The first kappa shape index (κ1) is 15.6. The summed E-state index contributed by atoms with van der Waals surface area (Å²) in [6.07, 6.45) is 5.36. The highest BCUT2D eigenvalue weighted by molar-refractivity contribution is 6.35. The van der Waals surface area contributed by atoms with E-state index in [2.05, 4.69) is 17.5 Å². The summed E-state index contributed by atoms with van der Waals surface area (Å²) in [6, 6.07) is 10.9. The number of carbonyl (C=O) groups is 1. The van der Waals surface area contributed by atoms with Crippen LogP contribution in [0.1, 0.15) is 39.9 Å². The van der Waals surface area contributed by atoms with E-state index in [1.54, 1.807) is 18.2 Å². The largest absolute Gasteiger partial charge is 0.478 e. The molecule has 0 spiro atoms. The second kappa shape index (κ2) is 5.83. The van der Waals surface area contributed by atoms with Crippen molar-refractivity contribution in [1.82, 2.24) is 0 Å². The molecule has 0 saturated carbocycles. The van der Waals surface area contributed by atoms with E-state index >= 15 is 0 Å². The van der Waals surface area contributed by atoms with Gasteiger partial charge >= 0.3 is 5.97 Å². The highest BCUT2D eigenvalue weighted by Gasteiger charge is 2.39. The van der Waals surface area contributed by atoms with E-state index in [1.165, 1.54) is 0 Å². The van der Waals surface area contributed by atoms with Crippen LogP contribution in [-0.4, -0.2) is 11.1 Å². The molecule has 2 N–H and O–H groups in total. The van der Waals surface area contributed by atoms with Crippen LogP contribution < -0.4 is 5.32 Å². The smallest absolute Gasteiger partial charge is 0.335 e. The van der Waals surface area contributed by atoms with Crippen LogP contribution in [0.15, 0.2) is 48.6 Å². The van der Waals surface area contributed by atoms with Crippen LogP contribution in [0.25, 0.3) is 0 Å². The highest BCUT2D eigenvalue weighted by Crippen LogP contribution is 2.52. The number of halogens is 2. The Morgan fingerprint density at radius 2 is 1.92 bits per heavy atom. The molecule has 24 heavy (non-hydrogen) atoms. The molecular formula is C19H15Cl2NO2. The van der Waals surface area contributed by atoms with Crippen molar-refractivity contribution in [1.29, 1.82) is 0 Å². The molecule has 1 aliphatic carbocycles. The van der Waals surface area contributed by atoms with Gasteiger partial charge in [0.1, 0.15) is 0 Å². The van der Waals surface area contributed by atoms with Crippen molar-refractivity contribution in [3.05, 3.63) is 75.3 Å². The molecule has 0 amide bonds. The zero-order valence-electron chi connectivity index (χ0n) is 12.7. The molecule has 5 heteroatoms. The molecule has 2 aromatic carbocycles. The molecule has 3 nitrogen and oxygen atoms in total. The summed E-state index contributed by atoms with van der Waals surface area (Å²) in [5.41, 5.74) is 3.41. The number of aromatic carboxylic acids is 1. The van der Waals surface area contributed by atoms with E-state index in [-0.39, 0.29) is 12.0 Å². The zero-order valence-corrected chi connectivity index (χ0v) is 14.2. The molecule has 122 valence electrons. The standard InChI is InChI=1S/C19H15Cl2NO2/c20-12-8-15(21)17-13-2-1-3-14(13)18(22-16(17)9-12)10-4-6-11(7-5-10)19(23)24/h1-2,4-9,13-14,18,22H,3H2,(H,23,24)/t13-,14-,18+/m1/s1. The topological polar surface area (TPSA) is 49.3 Å². The predicted molar refractivity (Wildman–Crippen MR) is 96.2 cm³/mol. The number of fused-ring (bicyclic) bond motifs is 3. The fourth-order valence-electron chi connectivity index (χ4n) is 3.81. The summed E-state index contributed by atoms with van der Waals surface area (Å²) in [5, 5.41) is 13.9. The Bertz CT molecular complexity index is 845. The molecule has 0 unspecified atom stereocenters. The monoisotopic (exact) mass is 359 g/mol. The number of carboxylic acid groups (broad SMARTS) is 1. The number of allylic oxidation sites excluding steroid dienone is 2. The number of hydrogen-bond donors (Lipinski definition) is 2. The van der Waals surface area contributed by atoms with Crippen molar-refractivity contribution < 1.29 is 9.90 Å². The number of anilines is 1. The third kappa shape index (κ3) is 2.48. The van der Waals surface area contributed by atoms with Gasteiger partial charge in [-0.1, -0.05) is 47.5 Å². The van der Waals surface area contributed by atoms with Crippen LogP contribution in [0, 0.1) is 5.92 Å². The van der Waals surface area contributed by atoms with E-state index in [1.807, 2.05) is 18.2 Å². The van der Waals surface area contributed by atoms with E-state index in [0.29, 0.717) is 21.5 Å². The average molecular weight is 360 g/mol. The fourth-order valence-corrected chi connectivity index (χ4v) is 4.43. The maximum atomic E-state index is 11.1. The maximum absolute atomic E-state index is 11.1. The third-order valence-electron chi connectivity index (χ3n) is 4.90. The molecule has 1 heterocycles. The summed E-state index contributed by atoms with van der Waals surface area (Å²) in [6.45, 7) is 0. The first-order valence-corrected chi connectivity index (χ1v) is 8.55. The van der Waals surface area contributed by atoms with Gasteiger partial charge in [0, 0.05) is 27.2 Å². The number of benzene rings is 2. The van der Waals surface area contributed by atoms with Gasteiger partial charge in [0.25, 0.3) is 0 Å². The lowest BCUT2D eigenvalue weighted by atomic mass is 9.77. The number of hydrogen-bond acceptors (Lipinski definition) is 2. The number of carboxylic acids is 1. The van der Waals surface area contributed by atoms with Gasteiger partial charge in [-0.05, 0) is 42.2 Å². The van der Waals surface area contributed by atoms with Crippen LogP contribution >= 0.6 is 23.2 Å². The van der Waals surface area contributed by atoms with Crippen molar-refractivity contribution in [2.45, 2.75) is 18.4 Å². The summed E-state index contributed by atoms with van der Waals surface area (Å²) in [4.78, 5) is 11.1. The number of nitrogens with one attached hydrogen (secondary N) is 1. The first-order chi connectivity index (χ1) is 11.5. The van der Waals surface area contributed by atoms with Gasteiger partial charge in [-0.3, -0.25) is 0 Å². The Labute approximate surface area is 149 Å². The Morgan fingerprint density at radius 3 is 2.62 bits per heavy atom. The lowest BCUT2D eigenvalue weighted by Gasteiger charge is -2.38. The molecule has 3 atom stereocenters. The van der Waals surface area contributed by atoms with Gasteiger partial charge in [-0.25, -0.2) is 4.79 Å². The summed E-state index contributed by atoms with van der Waals surface area (Å²) >= 11 is 12.6. The Hall–Kier alpha value is -1.97. The van der Waals surface area contributed by atoms with Gasteiger partial charge in [0.15, 0.2) is 0 Å². The normalized spacial score (nSPS) is 24.2. The second-order valence-electron chi connectivity index (χ2n) is 6.25. The van der Waals surface area contributed by atoms with Crippen molar-refractivity contribution >= 4 is 34.9 Å². The Balaban J connectivity index is 1.76. The van der Waals surface area contributed by atoms with E-state index < -0.39 is 5.97 Å². The van der Waals surface area contributed by atoms with Crippen LogP contribution in [0.5, 0.6) is 0 Å². The molecular weight excluding hydrogens is 345 g/mol. The van der Waals surface area contributed by atoms with E-state index in [9.17, 15) is 4.79 Å². The van der Waals surface area contributed by atoms with Crippen LogP contribution in [0.2, 0.25) is 10.0 Å². The summed E-state index contributed by atoms with van der Waals surface area (Å²) < 4.78 is 0. The summed E-state index contributed by atoms with van der Waals surface area (Å²) in [7, 11) is 0. The number of rotatable bonds is 2. The second-order valence-corrected chi connectivity index (χ2v) is 7.10. The quantitative estimate of drug-likeness (QED) is 0.694.